The summed E-state index contributed by atoms with van der Waals surface area (Å²) in [6.07, 6.45) is -0.412. The Morgan fingerprint density at radius 3 is 1.47 bits per heavy atom. The molecule has 9 heteroatoms. The molecule has 0 spiro atoms. The second-order valence-corrected chi connectivity index (χ2v) is 3.00. The molecule has 8 N–H and O–H groups in total. The molecular weight excluding hydrogens is 236 g/mol. The zero-order chi connectivity index (χ0) is 14.0. The van der Waals surface area contributed by atoms with Crippen LogP contribution in [0.5, 0.6) is 0 Å². The van der Waals surface area contributed by atoms with E-state index in [1.165, 1.54) is 0 Å². The predicted octanol–water partition coefficient (Wildman–Crippen LogP) is -2.35. The van der Waals surface area contributed by atoms with Crippen molar-refractivity contribution in [3.8, 4) is 0 Å². The molecule has 0 radical (unpaired) electrons. The third kappa shape index (κ3) is 12.2. The van der Waals surface area contributed by atoms with Gasteiger partial charge in [0.1, 0.15) is 12.1 Å². The average molecular weight is 252 g/mol. The maximum Gasteiger partial charge on any atom is 0.321 e. The zero-order valence-corrected chi connectivity index (χ0v) is 8.94. The van der Waals surface area contributed by atoms with Crippen LogP contribution in [-0.2, 0) is 14.4 Å². The van der Waals surface area contributed by atoms with Gasteiger partial charge in [-0.2, -0.15) is 0 Å². The van der Waals surface area contributed by atoms with E-state index in [-0.39, 0.29) is 13.0 Å². The number of aliphatic carboxylic acids is 3. The van der Waals surface area contributed by atoms with Crippen molar-refractivity contribution >= 4 is 17.9 Å². The van der Waals surface area contributed by atoms with Crippen molar-refractivity contribution in [3.05, 3.63) is 0 Å². The van der Waals surface area contributed by atoms with Gasteiger partial charge < -0.3 is 31.9 Å². The first-order valence-corrected chi connectivity index (χ1v) is 4.51. The number of rotatable bonds is 6. The molecule has 0 aromatic heterocycles. The molecule has 0 unspecified atom stereocenters. The quantitative estimate of drug-likeness (QED) is 0.301. The van der Waals surface area contributed by atoms with E-state index >= 15 is 0 Å². The maximum atomic E-state index is 9.85. The van der Waals surface area contributed by atoms with Crippen molar-refractivity contribution in [2.45, 2.75) is 24.9 Å². The van der Waals surface area contributed by atoms with Crippen LogP contribution in [0.15, 0.2) is 0 Å². The number of carboxylic acid groups (broad SMARTS) is 3. The summed E-state index contributed by atoms with van der Waals surface area (Å²) in [5.74, 6) is -3.57. The van der Waals surface area contributed by atoms with Crippen molar-refractivity contribution in [2.24, 2.45) is 11.5 Å². The molecule has 0 aliphatic heterocycles. The summed E-state index contributed by atoms with van der Waals surface area (Å²) in [6.45, 7) is -0.173. The number of carboxylic acids is 3. The minimum absolute atomic E-state index is 0.120. The molecule has 100 valence electrons. The molecule has 0 aromatic carbocycles. The second-order valence-electron chi connectivity index (χ2n) is 3.00. The molecule has 0 heterocycles. The first-order valence-electron chi connectivity index (χ1n) is 4.51. The van der Waals surface area contributed by atoms with Crippen molar-refractivity contribution in [3.63, 3.8) is 0 Å². The lowest BCUT2D eigenvalue weighted by Crippen LogP contribution is -2.32. The summed E-state index contributed by atoms with van der Waals surface area (Å²) in [5.41, 5.74) is 9.80. The monoisotopic (exact) mass is 252 g/mol. The predicted molar refractivity (Wildman–Crippen MR) is 55.2 cm³/mol. The number of aliphatic hydroxyl groups is 1. The smallest absolute Gasteiger partial charge is 0.321 e. The molecule has 0 aliphatic rings. The van der Waals surface area contributed by atoms with Gasteiger partial charge in [-0.05, 0) is 6.42 Å². The van der Waals surface area contributed by atoms with E-state index in [9.17, 15) is 14.4 Å². The van der Waals surface area contributed by atoms with E-state index in [2.05, 4.69) is 0 Å². The van der Waals surface area contributed by atoms with Gasteiger partial charge in [0.25, 0.3) is 0 Å². The standard InChI is InChI=1S/C4H7NO4.C4H9NO3/c5-2(4(8)9)1-3(6)7;5-3(1-2-6)4(7)8/h2H,1,5H2,(H,6,7)(H,8,9);3,6H,1-2,5H2,(H,7,8)/t2-;3-/m00/s1. The Kier molecular flexibility index (Phi) is 9.89. The molecule has 2 atom stereocenters. The van der Waals surface area contributed by atoms with Crippen LogP contribution in [0.2, 0.25) is 0 Å². The van der Waals surface area contributed by atoms with E-state index in [0.717, 1.165) is 0 Å². The Labute approximate surface area is 96.6 Å². The van der Waals surface area contributed by atoms with Gasteiger partial charge in [0, 0.05) is 6.61 Å². The number of aliphatic hydroxyl groups excluding tert-OH is 1. The normalized spacial score (nSPS) is 12.9. The number of carbonyl (C=O) groups is 3. The number of hydrogen-bond donors (Lipinski definition) is 6. The molecule has 0 rings (SSSR count). The molecule has 0 bridgehead atoms. The fourth-order valence-electron chi connectivity index (χ4n) is 0.538. The Balaban J connectivity index is 0. The van der Waals surface area contributed by atoms with Crippen molar-refractivity contribution in [1.82, 2.24) is 0 Å². The van der Waals surface area contributed by atoms with Gasteiger partial charge in [0.05, 0.1) is 6.42 Å². The summed E-state index contributed by atoms with van der Waals surface area (Å²) in [6, 6.07) is -2.21. The van der Waals surface area contributed by atoms with E-state index in [1.807, 2.05) is 0 Å². The van der Waals surface area contributed by atoms with Gasteiger partial charge in [0.2, 0.25) is 0 Å². The molecule has 17 heavy (non-hydrogen) atoms. The summed E-state index contributed by atoms with van der Waals surface area (Å²) in [4.78, 5) is 29.5. The van der Waals surface area contributed by atoms with E-state index < -0.39 is 36.4 Å². The zero-order valence-electron chi connectivity index (χ0n) is 8.94. The molecule has 0 saturated carbocycles. The minimum atomic E-state index is -1.29. The first-order chi connectivity index (χ1) is 7.72. The topological polar surface area (TPSA) is 184 Å². The highest BCUT2D eigenvalue weighted by molar-refractivity contribution is 5.80. The summed E-state index contributed by atoms with van der Waals surface area (Å²) < 4.78 is 0. The third-order valence-electron chi connectivity index (χ3n) is 1.47. The molecular formula is C8H16N2O7. The lowest BCUT2D eigenvalue weighted by atomic mass is 10.2. The van der Waals surface area contributed by atoms with Crippen LogP contribution in [0.3, 0.4) is 0 Å². The molecule has 0 aliphatic carbocycles. The van der Waals surface area contributed by atoms with Gasteiger partial charge in [0.15, 0.2) is 0 Å². The van der Waals surface area contributed by atoms with Crippen molar-refractivity contribution < 1.29 is 34.8 Å². The maximum absolute atomic E-state index is 9.85. The van der Waals surface area contributed by atoms with E-state index in [0.29, 0.717) is 0 Å². The van der Waals surface area contributed by atoms with Gasteiger partial charge >= 0.3 is 17.9 Å². The van der Waals surface area contributed by atoms with E-state index in [4.69, 9.17) is 31.9 Å². The molecule has 9 nitrogen and oxygen atoms in total. The highest BCUT2D eigenvalue weighted by Gasteiger charge is 2.14. The first kappa shape index (κ1) is 17.7. The van der Waals surface area contributed by atoms with Crippen LogP contribution >= 0.6 is 0 Å². The lowest BCUT2D eigenvalue weighted by molar-refractivity contribution is -0.144. The third-order valence-corrected chi connectivity index (χ3v) is 1.47. The SMILES string of the molecule is N[C@@H](CC(=O)O)C(=O)O.N[C@@H](CCO)C(=O)O. The van der Waals surface area contributed by atoms with E-state index in [1.54, 1.807) is 0 Å². The lowest BCUT2D eigenvalue weighted by Gasteiger charge is -2.00. The Bertz CT molecular complexity index is 269. The molecule has 0 fully saturated rings. The van der Waals surface area contributed by atoms with Crippen LogP contribution in [-0.4, -0.2) is 57.0 Å². The molecule has 0 saturated heterocycles. The van der Waals surface area contributed by atoms with Crippen LogP contribution in [0.4, 0.5) is 0 Å². The van der Waals surface area contributed by atoms with Crippen LogP contribution in [0.25, 0.3) is 0 Å². The highest BCUT2D eigenvalue weighted by atomic mass is 16.4. The number of nitrogens with two attached hydrogens (primary N) is 2. The van der Waals surface area contributed by atoms with Gasteiger partial charge in [-0.25, -0.2) is 0 Å². The van der Waals surface area contributed by atoms with Gasteiger partial charge in [-0.15, -0.1) is 0 Å². The largest absolute Gasteiger partial charge is 0.481 e. The Morgan fingerprint density at radius 1 is 0.941 bits per heavy atom. The van der Waals surface area contributed by atoms with Crippen LogP contribution < -0.4 is 11.5 Å². The number of hydrogen-bond acceptors (Lipinski definition) is 6. The summed E-state index contributed by atoms with van der Waals surface area (Å²) in [5, 5.41) is 32.3. The fraction of sp³-hybridized carbons (Fsp3) is 0.625. The Hall–Kier alpha value is -1.71. The summed E-state index contributed by atoms with van der Waals surface area (Å²) >= 11 is 0. The minimum Gasteiger partial charge on any atom is -0.481 e. The van der Waals surface area contributed by atoms with Crippen LogP contribution in [0.1, 0.15) is 12.8 Å². The highest BCUT2D eigenvalue weighted by Crippen LogP contribution is 1.86. The fourth-order valence-corrected chi connectivity index (χ4v) is 0.538. The molecule has 0 amide bonds. The van der Waals surface area contributed by atoms with Gasteiger partial charge in [-0.3, -0.25) is 14.4 Å². The molecule has 0 aromatic rings. The second kappa shape index (κ2) is 9.51. The Morgan fingerprint density at radius 2 is 1.35 bits per heavy atom. The van der Waals surface area contributed by atoms with Crippen molar-refractivity contribution in [2.75, 3.05) is 6.61 Å². The summed E-state index contributed by atoms with van der Waals surface area (Å²) in [7, 11) is 0. The van der Waals surface area contributed by atoms with Crippen molar-refractivity contribution in [1.29, 1.82) is 0 Å². The van der Waals surface area contributed by atoms with Crippen LogP contribution in [0, 0.1) is 0 Å². The van der Waals surface area contributed by atoms with Gasteiger partial charge in [-0.1, -0.05) is 0 Å². The average Bonchev–Trinajstić information content (AvgIpc) is 2.17.